The quantitative estimate of drug-likeness (QED) is 0.691. The minimum absolute atomic E-state index is 0.0691. The maximum Gasteiger partial charge on any atom is 0.0384 e. The Labute approximate surface area is 78.4 Å². The summed E-state index contributed by atoms with van der Waals surface area (Å²) in [5.41, 5.74) is 5.55. The molecule has 0 aromatic rings. The Balaban J connectivity index is 3.54. The molecule has 3 atom stereocenters. The van der Waals surface area contributed by atoms with E-state index in [9.17, 15) is 4.21 Å². The van der Waals surface area contributed by atoms with Gasteiger partial charge in [0.25, 0.3) is 0 Å². The van der Waals surface area contributed by atoms with Crippen LogP contribution in [0.25, 0.3) is 0 Å². The molecule has 0 aliphatic carbocycles. The van der Waals surface area contributed by atoms with E-state index in [1.54, 1.807) is 0 Å². The largest absolute Gasteiger partial charge is 0.327 e. The van der Waals surface area contributed by atoms with E-state index in [4.69, 9.17) is 5.73 Å². The van der Waals surface area contributed by atoms with E-state index in [2.05, 4.69) is 13.8 Å². The van der Waals surface area contributed by atoms with E-state index in [0.29, 0.717) is 11.7 Å². The van der Waals surface area contributed by atoms with E-state index < -0.39 is 10.8 Å². The van der Waals surface area contributed by atoms with Crippen molar-refractivity contribution in [1.29, 1.82) is 0 Å². The summed E-state index contributed by atoms with van der Waals surface area (Å²) < 4.78 is 11.4. The average molecular weight is 191 g/mol. The summed E-state index contributed by atoms with van der Waals surface area (Å²) in [6.07, 6.45) is 2.35. The molecule has 0 amide bonds. The molecule has 0 spiro atoms. The van der Waals surface area contributed by atoms with Crippen LogP contribution in [0, 0.1) is 5.92 Å². The third-order valence-electron chi connectivity index (χ3n) is 1.70. The van der Waals surface area contributed by atoms with Gasteiger partial charge in [0.2, 0.25) is 0 Å². The van der Waals surface area contributed by atoms with E-state index in [1.165, 1.54) is 12.8 Å². The molecule has 0 bridgehead atoms. The van der Waals surface area contributed by atoms with Crippen LogP contribution in [0.1, 0.15) is 33.6 Å². The van der Waals surface area contributed by atoms with Crippen LogP contribution in [0.15, 0.2) is 0 Å². The van der Waals surface area contributed by atoms with Crippen molar-refractivity contribution in [1.82, 2.24) is 0 Å². The van der Waals surface area contributed by atoms with Gasteiger partial charge in [-0.25, -0.2) is 0 Å². The molecule has 3 heteroatoms. The fraction of sp³-hybridized carbons (Fsp3) is 1.00. The standard InChI is InChI=1S/C9H21NOS/c1-4-5-8(2)6-12(11)7-9(3)10/h8-9H,4-7,10H2,1-3H3. The molecule has 2 N–H and O–H groups in total. The molecule has 0 saturated heterocycles. The molecule has 0 aliphatic rings. The van der Waals surface area contributed by atoms with Gasteiger partial charge in [0.1, 0.15) is 0 Å². The predicted octanol–water partition coefficient (Wildman–Crippen LogP) is 1.52. The zero-order chi connectivity index (χ0) is 9.56. The fourth-order valence-electron chi connectivity index (χ4n) is 1.25. The molecule has 0 saturated carbocycles. The van der Waals surface area contributed by atoms with Crippen molar-refractivity contribution in [2.24, 2.45) is 11.7 Å². The number of rotatable bonds is 6. The summed E-state index contributed by atoms with van der Waals surface area (Å²) in [7, 11) is -0.707. The van der Waals surface area contributed by atoms with Gasteiger partial charge in [-0.2, -0.15) is 0 Å². The monoisotopic (exact) mass is 191 g/mol. The van der Waals surface area contributed by atoms with Gasteiger partial charge in [-0.3, -0.25) is 4.21 Å². The summed E-state index contributed by atoms with van der Waals surface area (Å²) in [5, 5.41) is 0. The Kier molecular flexibility index (Phi) is 6.67. The Bertz CT molecular complexity index is 136. The molecule has 12 heavy (non-hydrogen) atoms. The average Bonchev–Trinajstić information content (AvgIpc) is 1.84. The second-order valence-corrected chi connectivity index (χ2v) is 5.19. The van der Waals surface area contributed by atoms with Gasteiger partial charge in [0.05, 0.1) is 0 Å². The lowest BCUT2D eigenvalue weighted by molar-refractivity contribution is 0.573. The molecular weight excluding hydrogens is 170 g/mol. The lowest BCUT2D eigenvalue weighted by Crippen LogP contribution is -2.25. The van der Waals surface area contributed by atoms with Crippen LogP contribution in [0.2, 0.25) is 0 Å². The van der Waals surface area contributed by atoms with Gasteiger partial charge >= 0.3 is 0 Å². The van der Waals surface area contributed by atoms with Gasteiger partial charge < -0.3 is 5.73 Å². The summed E-state index contributed by atoms with van der Waals surface area (Å²) in [5.74, 6) is 2.04. The Morgan fingerprint density at radius 2 is 1.92 bits per heavy atom. The molecule has 0 fully saturated rings. The first-order valence-corrected chi connectivity index (χ1v) is 6.15. The van der Waals surface area contributed by atoms with E-state index in [-0.39, 0.29) is 6.04 Å². The minimum atomic E-state index is -0.707. The predicted molar refractivity (Wildman–Crippen MR) is 55.6 cm³/mol. The van der Waals surface area contributed by atoms with Crippen LogP contribution < -0.4 is 5.73 Å². The van der Waals surface area contributed by atoms with Crippen molar-refractivity contribution in [2.45, 2.75) is 39.7 Å². The Morgan fingerprint density at radius 1 is 1.33 bits per heavy atom. The highest BCUT2D eigenvalue weighted by Crippen LogP contribution is 2.06. The summed E-state index contributed by atoms with van der Waals surface area (Å²) in [6.45, 7) is 6.22. The molecule has 0 rings (SSSR count). The van der Waals surface area contributed by atoms with Crippen LogP contribution in [0.5, 0.6) is 0 Å². The first-order valence-electron chi connectivity index (χ1n) is 4.66. The van der Waals surface area contributed by atoms with Gasteiger partial charge in [-0.15, -0.1) is 0 Å². The van der Waals surface area contributed by atoms with E-state index in [1.807, 2.05) is 6.92 Å². The Morgan fingerprint density at radius 3 is 2.33 bits per heavy atom. The summed E-state index contributed by atoms with van der Waals surface area (Å²) in [6, 6.07) is 0.0691. The van der Waals surface area contributed by atoms with Crippen molar-refractivity contribution in [3.63, 3.8) is 0 Å². The molecule has 0 aromatic carbocycles. The molecule has 3 unspecified atom stereocenters. The lowest BCUT2D eigenvalue weighted by atomic mass is 10.1. The number of nitrogens with two attached hydrogens (primary N) is 1. The number of hydrogen-bond donors (Lipinski definition) is 1. The molecule has 0 radical (unpaired) electrons. The molecule has 0 heterocycles. The molecule has 0 aromatic heterocycles. The van der Waals surface area contributed by atoms with Crippen LogP contribution in [0.3, 0.4) is 0 Å². The van der Waals surface area contributed by atoms with Crippen LogP contribution >= 0.6 is 0 Å². The molecule has 0 aliphatic heterocycles. The first kappa shape index (κ1) is 12.1. The van der Waals surface area contributed by atoms with Crippen molar-refractivity contribution in [3.8, 4) is 0 Å². The molecule has 74 valence electrons. The highest BCUT2D eigenvalue weighted by atomic mass is 32.2. The van der Waals surface area contributed by atoms with Crippen molar-refractivity contribution >= 4 is 10.8 Å². The third kappa shape index (κ3) is 6.80. The van der Waals surface area contributed by atoms with Crippen molar-refractivity contribution < 1.29 is 4.21 Å². The van der Waals surface area contributed by atoms with E-state index >= 15 is 0 Å². The van der Waals surface area contributed by atoms with Crippen LogP contribution in [-0.4, -0.2) is 21.8 Å². The minimum Gasteiger partial charge on any atom is -0.327 e. The maximum atomic E-state index is 11.4. The van der Waals surface area contributed by atoms with E-state index in [0.717, 1.165) is 5.75 Å². The van der Waals surface area contributed by atoms with Crippen LogP contribution in [0.4, 0.5) is 0 Å². The maximum absolute atomic E-state index is 11.4. The normalized spacial score (nSPS) is 18.7. The van der Waals surface area contributed by atoms with Gasteiger partial charge in [0.15, 0.2) is 0 Å². The molecular formula is C9H21NOS. The fourth-order valence-corrected chi connectivity index (χ4v) is 2.78. The van der Waals surface area contributed by atoms with Gasteiger partial charge in [0, 0.05) is 28.3 Å². The van der Waals surface area contributed by atoms with Gasteiger partial charge in [-0.1, -0.05) is 26.7 Å². The van der Waals surface area contributed by atoms with Crippen molar-refractivity contribution in [3.05, 3.63) is 0 Å². The second kappa shape index (κ2) is 6.61. The third-order valence-corrected chi connectivity index (χ3v) is 3.54. The smallest absolute Gasteiger partial charge is 0.0384 e. The number of hydrogen-bond acceptors (Lipinski definition) is 2. The lowest BCUT2D eigenvalue weighted by Gasteiger charge is -2.10. The highest BCUT2D eigenvalue weighted by molar-refractivity contribution is 7.85. The zero-order valence-corrected chi connectivity index (χ0v) is 9.19. The topological polar surface area (TPSA) is 43.1 Å². The van der Waals surface area contributed by atoms with Crippen molar-refractivity contribution in [2.75, 3.05) is 11.5 Å². The SMILES string of the molecule is CCCC(C)CS(=O)CC(C)N. The summed E-state index contributed by atoms with van der Waals surface area (Å²) in [4.78, 5) is 0. The molecule has 2 nitrogen and oxygen atoms in total. The van der Waals surface area contributed by atoms with Gasteiger partial charge in [-0.05, 0) is 12.8 Å². The highest BCUT2D eigenvalue weighted by Gasteiger charge is 2.08. The second-order valence-electron chi connectivity index (χ2n) is 3.64. The Hall–Kier alpha value is 0.110. The first-order chi connectivity index (χ1) is 5.56. The van der Waals surface area contributed by atoms with Crippen LogP contribution in [-0.2, 0) is 10.8 Å². The zero-order valence-electron chi connectivity index (χ0n) is 8.38. The summed E-state index contributed by atoms with van der Waals surface area (Å²) >= 11 is 0.